The van der Waals surface area contributed by atoms with Gasteiger partial charge in [0.25, 0.3) is 0 Å². The Bertz CT molecular complexity index is 1110. The summed E-state index contributed by atoms with van der Waals surface area (Å²) in [5.74, 6) is 2.21. The molecule has 9 atom stereocenters. The highest BCUT2D eigenvalue weighted by molar-refractivity contribution is 5.45. The SMILES string of the molecule is COc1ccc([C@@H]2OC[C@H]3[C@@H]2CO[C@@H]3c2ccc(O[C@@H]3O[C@@H](CO)[C@H](O)[C@@H](O)[C@@H]3O)c(OC)c2)cc1OC. The maximum absolute atomic E-state index is 10.3. The van der Waals surface area contributed by atoms with Gasteiger partial charge in [0.1, 0.15) is 24.4 Å². The fourth-order valence-corrected chi connectivity index (χ4v) is 5.51. The maximum atomic E-state index is 10.3. The minimum absolute atomic E-state index is 0.120. The topological polar surface area (TPSA) is 146 Å². The first-order chi connectivity index (χ1) is 18.4. The summed E-state index contributed by atoms with van der Waals surface area (Å²) in [6, 6.07) is 11.1. The van der Waals surface area contributed by atoms with E-state index in [1.807, 2.05) is 24.3 Å². The van der Waals surface area contributed by atoms with Crippen LogP contribution in [0.15, 0.2) is 36.4 Å². The van der Waals surface area contributed by atoms with Crippen LogP contribution in [-0.2, 0) is 14.2 Å². The van der Waals surface area contributed by atoms with Crippen LogP contribution >= 0.6 is 0 Å². The number of benzene rings is 2. The van der Waals surface area contributed by atoms with Crippen LogP contribution in [-0.4, -0.2) is 92.3 Å². The van der Waals surface area contributed by atoms with Crippen LogP contribution in [0.1, 0.15) is 23.3 Å². The van der Waals surface area contributed by atoms with Gasteiger partial charge in [-0.05, 0) is 35.4 Å². The first-order valence-electron chi connectivity index (χ1n) is 12.5. The number of rotatable bonds is 8. The van der Waals surface area contributed by atoms with E-state index in [1.54, 1.807) is 26.4 Å². The zero-order chi connectivity index (χ0) is 27.0. The lowest BCUT2D eigenvalue weighted by Gasteiger charge is -2.39. The molecule has 3 fully saturated rings. The highest BCUT2D eigenvalue weighted by atomic mass is 16.7. The summed E-state index contributed by atoms with van der Waals surface area (Å²) in [4.78, 5) is 0. The zero-order valence-corrected chi connectivity index (χ0v) is 21.4. The minimum atomic E-state index is -1.54. The quantitative estimate of drug-likeness (QED) is 0.384. The van der Waals surface area contributed by atoms with E-state index in [9.17, 15) is 20.4 Å². The van der Waals surface area contributed by atoms with Crippen LogP contribution in [0.5, 0.6) is 23.0 Å². The van der Waals surface area contributed by atoms with Gasteiger partial charge in [-0.1, -0.05) is 12.1 Å². The van der Waals surface area contributed by atoms with Crippen molar-refractivity contribution >= 4 is 0 Å². The van der Waals surface area contributed by atoms with Gasteiger partial charge in [-0.15, -0.1) is 0 Å². The van der Waals surface area contributed by atoms with Gasteiger partial charge in [0.05, 0.1) is 53.4 Å². The fourth-order valence-electron chi connectivity index (χ4n) is 5.51. The smallest absolute Gasteiger partial charge is 0.229 e. The molecule has 5 rings (SSSR count). The van der Waals surface area contributed by atoms with Crippen molar-refractivity contribution in [2.75, 3.05) is 41.2 Å². The first-order valence-corrected chi connectivity index (χ1v) is 12.5. The standard InChI is InChI=1S/C27H34O11/c1-32-17-6-4-13(8-19(17)33-2)25-15-11-36-26(16(15)12-35-25)14-5-7-18(20(9-14)34-3)37-27-24(31)23(30)22(29)21(10-28)38-27/h4-9,15-16,21-31H,10-12H2,1-3H3/t15-,16-,21-,22-,23+,24-,25-,26+,27+/m0/s1. The fraction of sp³-hybridized carbons (Fsp3) is 0.556. The summed E-state index contributed by atoms with van der Waals surface area (Å²) >= 11 is 0. The Morgan fingerprint density at radius 3 is 1.76 bits per heavy atom. The van der Waals surface area contributed by atoms with Gasteiger partial charge in [0, 0.05) is 11.8 Å². The minimum Gasteiger partial charge on any atom is -0.493 e. The second-order valence-corrected chi connectivity index (χ2v) is 9.68. The molecule has 0 radical (unpaired) electrons. The summed E-state index contributed by atoms with van der Waals surface area (Å²) in [6.45, 7) is 0.508. The Labute approximate surface area is 220 Å². The van der Waals surface area contributed by atoms with Crippen LogP contribution in [0.25, 0.3) is 0 Å². The van der Waals surface area contributed by atoms with E-state index in [2.05, 4.69) is 0 Å². The molecule has 208 valence electrons. The van der Waals surface area contributed by atoms with Crippen molar-refractivity contribution in [2.45, 2.75) is 42.9 Å². The van der Waals surface area contributed by atoms with E-state index in [1.165, 1.54) is 7.11 Å². The Hall–Kier alpha value is -2.64. The third-order valence-electron chi connectivity index (χ3n) is 7.61. The van der Waals surface area contributed by atoms with Crippen molar-refractivity contribution in [3.8, 4) is 23.0 Å². The molecule has 3 saturated heterocycles. The molecule has 3 aliphatic heterocycles. The second kappa shape index (κ2) is 11.2. The molecular weight excluding hydrogens is 500 g/mol. The predicted molar refractivity (Wildman–Crippen MR) is 131 cm³/mol. The summed E-state index contributed by atoms with van der Waals surface area (Å²) in [5, 5.41) is 39.8. The van der Waals surface area contributed by atoms with Crippen molar-refractivity contribution in [2.24, 2.45) is 11.8 Å². The van der Waals surface area contributed by atoms with Gasteiger partial charge >= 0.3 is 0 Å². The highest BCUT2D eigenvalue weighted by Crippen LogP contribution is 2.51. The molecule has 0 unspecified atom stereocenters. The molecule has 2 aromatic carbocycles. The number of hydrogen-bond acceptors (Lipinski definition) is 11. The molecule has 0 bridgehead atoms. The summed E-state index contributed by atoms with van der Waals surface area (Å²) in [7, 11) is 4.69. The van der Waals surface area contributed by atoms with E-state index in [4.69, 9.17) is 33.2 Å². The van der Waals surface area contributed by atoms with Gasteiger partial charge in [-0.2, -0.15) is 0 Å². The Morgan fingerprint density at radius 1 is 0.711 bits per heavy atom. The molecule has 3 aliphatic rings. The number of ether oxygens (including phenoxy) is 7. The second-order valence-electron chi connectivity index (χ2n) is 9.68. The van der Waals surface area contributed by atoms with Crippen LogP contribution in [0, 0.1) is 11.8 Å². The van der Waals surface area contributed by atoms with Crippen molar-refractivity contribution < 1.29 is 53.6 Å². The van der Waals surface area contributed by atoms with Crippen LogP contribution in [0.4, 0.5) is 0 Å². The average Bonchev–Trinajstić information content (AvgIpc) is 3.55. The van der Waals surface area contributed by atoms with Crippen LogP contribution in [0.3, 0.4) is 0 Å². The lowest BCUT2D eigenvalue weighted by molar-refractivity contribution is -0.277. The maximum Gasteiger partial charge on any atom is 0.229 e. The van der Waals surface area contributed by atoms with E-state index in [0.29, 0.717) is 30.5 Å². The van der Waals surface area contributed by atoms with E-state index >= 15 is 0 Å². The monoisotopic (exact) mass is 534 g/mol. The average molecular weight is 535 g/mol. The normalized spacial score (nSPS) is 34.6. The third kappa shape index (κ3) is 4.79. The molecular formula is C27H34O11. The van der Waals surface area contributed by atoms with Crippen LogP contribution in [0.2, 0.25) is 0 Å². The largest absolute Gasteiger partial charge is 0.493 e. The summed E-state index contributed by atoms with van der Waals surface area (Å²) in [6.07, 6.45) is -7.29. The molecule has 0 saturated carbocycles. The molecule has 11 heteroatoms. The summed E-state index contributed by atoms with van der Waals surface area (Å²) in [5.41, 5.74) is 1.88. The Kier molecular flexibility index (Phi) is 7.96. The molecule has 0 aromatic heterocycles. The molecule has 0 amide bonds. The predicted octanol–water partition coefficient (Wildman–Crippen LogP) is 0.966. The van der Waals surface area contributed by atoms with Crippen LogP contribution < -0.4 is 18.9 Å². The molecule has 4 N–H and O–H groups in total. The molecule has 11 nitrogen and oxygen atoms in total. The lowest BCUT2D eigenvalue weighted by atomic mass is 9.85. The van der Waals surface area contributed by atoms with Gasteiger partial charge in [0.2, 0.25) is 6.29 Å². The van der Waals surface area contributed by atoms with Crippen molar-refractivity contribution in [3.05, 3.63) is 47.5 Å². The number of fused-ring (bicyclic) bond motifs is 1. The zero-order valence-electron chi connectivity index (χ0n) is 21.4. The van der Waals surface area contributed by atoms with Gasteiger partial charge in [-0.3, -0.25) is 0 Å². The number of hydrogen-bond donors (Lipinski definition) is 4. The Morgan fingerprint density at radius 2 is 1.24 bits per heavy atom. The molecule has 0 spiro atoms. The van der Waals surface area contributed by atoms with E-state index in [0.717, 1.165) is 11.1 Å². The molecule has 38 heavy (non-hydrogen) atoms. The van der Waals surface area contributed by atoms with Crippen molar-refractivity contribution in [1.29, 1.82) is 0 Å². The van der Waals surface area contributed by atoms with Crippen molar-refractivity contribution in [1.82, 2.24) is 0 Å². The third-order valence-corrected chi connectivity index (χ3v) is 7.61. The van der Waals surface area contributed by atoms with Gasteiger partial charge in [0.15, 0.2) is 23.0 Å². The summed E-state index contributed by atoms with van der Waals surface area (Å²) < 4.78 is 40.1. The van der Waals surface area contributed by atoms with Gasteiger partial charge in [-0.25, -0.2) is 0 Å². The molecule has 2 aromatic rings. The number of methoxy groups -OCH3 is 3. The lowest BCUT2D eigenvalue weighted by Crippen LogP contribution is -2.60. The van der Waals surface area contributed by atoms with E-state index < -0.39 is 37.3 Å². The highest BCUT2D eigenvalue weighted by Gasteiger charge is 2.49. The Balaban J connectivity index is 1.31. The molecule has 0 aliphatic carbocycles. The van der Waals surface area contributed by atoms with Gasteiger partial charge < -0.3 is 53.6 Å². The van der Waals surface area contributed by atoms with E-state index in [-0.39, 0.29) is 29.8 Å². The molecule has 3 heterocycles. The first kappa shape index (κ1) is 26.9. The number of aliphatic hydroxyl groups is 4. The number of aliphatic hydroxyl groups excluding tert-OH is 4. The van der Waals surface area contributed by atoms with Crippen molar-refractivity contribution in [3.63, 3.8) is 0 Å².